The largest absolute Gasteiger partial charge is 0.423 e. The summed E-state index contributed by atoms with van der Waals surface area (Å²) in [6, 6.07) is 19.1. The molecule has 0 atom stereocenters. The third-order valence-electron chi connectivity index (χ3n) is 5.67. The second-order valence-electron chi connectivity index (χ2n) is 8.13. The number of carbonyl (C=O) groups is 3. The molecule has 2 aliphatic rings. The molecular formula is C25H20N2O6S. The number of nitrogens with zero attached hydrogens (tertiary/aromatic N) is 1. The molecule has 1 aliphatic carbocycles. The summed E-state index contributed by atoms with van der Waals surface area (Å²) in [5, 5.41) is 2.80. The summed E-state index contributed by atoms with van der Waals surface area (Å²) in [6.07, 6.45) is 1.28. The first-order valence-electron chi connectivity index (χ1n) is 10.7. The van der Waals surface area contributed by atoms with Gasteiger partial charge in [-0.3, -0.25) is 9.59 Å². The normalized spacial score (nSPS) is 16.1. The Hall–Kier alpha value is -3.98. The molecule has 1 heterocycles. The summed E-state index contributed by atoms with van der Waals surface area (Å²) in [5.74, 6) is -1.55. The molecule has 9 heteroatoms. The minimum Gasteiger partial charge on any atom is -0.423 e. The Labute approximate surface area is 196 Å². The lowest BCUT2D eigenvalue weighted by atomic mass is 10.1. The molecule has 0 spiro atoms. The topological polar surface area (TPSA) is 110 Å². The minimum absolute atomic E-state index is 0.00768. The Kier molecular flexibility index (Phi) is 5.41. The van der Waals surface area contributed by atoms with Crippen LogP contribution in [0, 0.1) is 0 Å². The van der Waals surface area contributed by atoms with Gasteiger partial charge in [-0.25, -0.2) is 17.5 Å². The zero-order chi connectivity index (χ0) is 23.9. The van der Waals surface area contributed by atoms with Gasteiger partial charge in [-0.05, 0) is 54.8 Å². The molecule has 1 fully saturated rings. The number of nitrogens with one attached hydrogen (secondary N) is 1. The van der Waals surface area contributed by atoms with E-state index in [2.05, 4.69) is 5.32 Å². The van der Waals surface area contributed by atoms with Gasteiger partial charge in [-0.2, -0.15) is 0 Å². The first-order chi connectivity index (χ1) is 16.3. The molecule has 0 aromatic heterocycles. The lowest BCUT2D eigenvalue weighted by Gasteiger charge is -2.13. The minimum atomic E-state index is -3.99. The maximum absolute atomic E-state index is 12.8. The fourth-order valence-corrected chi connectivity index (χ4v) is 5.63. The van der Waals surface area contributed by atoms with Crippen molar-refractivity contribution < 1.29 is 27.5 Å². The van der Waals surface area contributed by atoms with Crippen LogP contribution in [-0.4, -0.2) is 36.5 Å². The van der Waals surface area contributed by atoms with Crippen molar-refractivity contribution in [2.45, 2.75) is 30.3 Å². The molecule has 0 saturated heterocycles. The Balaban J connectivity index is 1.30. The van der Waals surface area contributed by atoms with Gasteiger partial charge in [-0.15, -0.1) is 0 Å². The maximum atomic E-state index is 12.8. The van der Waals surface area contributed by atoms with Crippen LogP contribution in [0.15, 0.2) is 77.7 Å². The van der Waals surface area contributed by atoms with Gasteiger partial charge in [0.2, 0.25) is 0 Å². The Morgan fingerprint density at radius 1 is 0.941 bits per heavy atom. The van der Waals surface area contributed by atoms with Crippen LogP contribution in [0.2, 0.25) is 0 Å². The second kappa shape index (κ2) is 8.42. The van der Waals surface area contributed by atoms with E-state index in [1.165, 1.54) is 30.3 Å². The van der Waals surface area contributed by atoms with E-state index in [1.54, 1.807) is 12.1 Å². The fraction of sp³-hybridized carbons (Fsp3) is 0.160. The molecule has 1 N–H and O–H groups in total. The first kappa shape index (κ1) is 21.8. The zero-order valence-electron chi connectivity index (χ0n) is 17.9. The number of hydrogen-bond donors (Lipinski definition) is 1. The van der Waals surface area contributed by atoms with Crippen molar-refractivity contribution in [2.75, 3.05) is 0 Å². The maximum Gasteiger partial charge on any atom is 0.343 e. The molecular weight excluding hydrogens is 456 g/mol. The average molecular weight is 477 g/mol. The molecule has 1 saturated carbocycles. The van der Waals surface area contributed by atoms with Gasteiger partial charge in [0.05, 0.1) is 11.1 Å². The van der Waals surface area contributed by atoms with Gasteiger partial charge in [0.1, 0.15) is 10.6 Å². The molecule has 2 amide bonds. The average Bonchev–Trinajstić information content (AvgIpc) is 3.64. The van der Waals surface area contributed by atoms with Gasteiger partial charge < -0.3 is 10.1 Å². The predicted octanol–water partition coefficient (Wildman–Crippen LogP) is 3.14. The highest BCUT2D eigenvalue weighted by Crippen LogP contribution is 2.39. The number of benzene rings is 3. The molecule has 8 nitrogen and oxygen atoms in total. The summed E-state index contributed by atoms with van der Waals surface area (Å²) in [6.45, 7) is 0.351. The van der Waals surface area contributed by atoms with Crippen LogP contribution in [-0.2, 0) is 16.6 Å². The van der Waals surface area contributed by atoms with Gasteiger partial charge in [0.15, 0.2) is 0 Å². The van der Waals surface area contributed by atoms with Crippen LogP contribution in [0.1, 0.15) is 49.5 Å². The molecule has 34 heavy (non-hydrogen) atoms. The van der Waals surface area contributed by atoms with Crippen LogP contribution >= 0.6 is 0 Å². The Bertz CT molecular complexity index is 1410. The van der Waals surface area contributed by atoms with Crippen molar-refractivity contribution in [1.82, 2.24) is 9.62 Å². The standard InChI is InChI=1S/C25H20N2O6S/c28-23(26-15-16-5-2-1-3-6-16)17-7-4-8-20(13-17)33-25(30)18-9-12-21-22(14-18)34(31,32)27(24(21)29)19-10-11-19/h1-9,12-14,19H,10-11,15H2,(H,26,28). The molecule has 1 aliphatic heterocycles. The van der Waals surface area contributed by atoms with Gasteiger partial charge in [-0.1, -0.05) is 36.4 Å². The van der Waals surface area contributed by atoms with E-state index in [-0.39, 0.29) is 33.7 Å². The highest BCUT2D eigenvalue weighted by molar-refractivity contribution is 7.90. The molecule has 172 valence electrons. The second-order valence-corrected chi connectivity index (χ2v) is 9.92. The zero-order valence-corrected chi connectivity index (χ0v) is 18.7. The highest BCUT2D eigenvalue weighted by atomic mass is 32.2. The summed E-state index contributed by atoms with van der Waals surface area (Å²) in [5.41, 5.74) is 1.30. The predicted molar refractivity (Wildman–Crippen MR) is 122 cm³/mol. The molecule has 3 aromatic carbocycles. The summed E-state index contributed by atoms with van der Waals surface area (Å²) in [4.78, 5) is 37.5. The van der Waals surface area contributed by atoms with Crippen molar-refractivity contribution in [3.63, 3.8) is 0 Å². The molecule has 0 unspecified atom stereocenters. The third kappa shape index (κ3) is 4.06. The third-order valence-corrected chi connectivity index (χ3v) is 7.54. The number of ether oxygens (including phenoxy) is 1. The quantitative estimate of drug-likeness (QED) is 0.432. The Morgan fingerprint density at radius 3 is 2.44 bits per heavy atom. The molecule has 0 radical (unpaired) electrons. The van der Waals surface area contributed by atoms with Gasteiger partial charge in [0.25, 0.3) is 21.8 Å². The van der Waals surface area contributed by atoms with Crippen molar-refractivity contribution in [3.8, 4) is 5.75 Å². The van der Waals surface area contributed by atoms with Gasteiger partial charge >= 0.3 is 5.97 Å². The van der Waals surface area contributed by atoms with Gasteiger partial charge in [0, 0.05) is 18.2 Å². The van der Waals surface area contributed by atoms with E-state index in [0.717, 1.165) is 9.87 Å². The first-order valence-corrected chi connectivity index (χ1v) is 12.2. The number of fused-ring (bicyclic) bond motifs is 1. The van der Waals surface area contributed by atoms with E-state index in [1.807, 2.05) is 30.3 Å². The SMILES string of the molecule is O=C(NCc1ccccc1)c1cccc(OC(=O)c2ccc3c(c2)S(=O)(=O)N(C2CC2)C3=O)c1. The number of rotatable bonds is 6. The fourth-order valence-electron chi connectivity index (χ4n) is 3.79. The molecule has 0 bridgehead atoms. The van der Waals surface area contributed by atoms with Crippen molar-refractivity contribution >= 4 is 27.8 Å². The van der Waals surface area contributed by atoms with E-state index >= 15 is 0 Å². The smallest absolute Gasteiger partial charge is 0.343 e. The lowest BCUT2D eigenvalue weighted by molar-refractivity contribution is 0.0732. The number of carbonyl (C=O) groups excluding carboxylic acids is 3. The van der Waals surface area contributed by atoms with Crippen LogP contribution < -0.4 is 10.1 Å². The van der Waals surface area contributed by atoms with E-state index in [4.69, 9.17) is 4.74 Å². The van der Waals surface area contributed by atoms with E-state index in [9.17, 15) is 22.8 Å². The van der Waals surface area contributed by atoms with Crippen molar-refractivity contribution in [2.24, 2.45) is 0 Å². The monoisotopic (exact) mass is 476 g/mol. The van der Waals surface area contributed by atoms with E-state index in [0.29, 0.717) is 24.9 Å². The van der Waals surface area contributed by atoms with Crippen molar-refractivity contribution in [3.05, 3.63) is 95.1 Å². The molecule has 5 rings (SSSR count). The number of sulfonamides is 1. The van der Waals surface area contributed by atoms with E-state index < -0.39 is 21.9 Å². The Morgan fingerprint density at radius 2 is 1.71 bits per heavy atom. The summed E-state index contributed by atoms with van der Waals surface area (Å²) in [7, 11) is -3.99. The van der Waals surface area contributed by atoms with Crippen LogP contribution in [0.4, 0.5) is 0 Å². The number of esters is 1. The number of hydrogen-bond acceptors (Lipinski definition) is 6. The summed E-state index contributed by atoms with van der Waals surface area (Å²) >= 11 is 0. The van der Waals surface area contributed by atoms with Crippen LogP contribution in [0.25, 0.3) is 0 Å². The van der Waals surface area contributed by atoms with Crippen molar-refractivity contribution in [1.29, 1.82) is 0 Å². The van der Waals surface area contributed by atoms with Crippen LogP contribution in [0.5, 0.6) is 5.75 Å². The molecule has 3 aromatic rings. The highest BCUT2D eigenvalue weighted by Gasteiger charge is 2.48. The number of amides is 2. The van der Waals surface area contributed by atoms with Crippen LogP contribution in [0.3, 0.4) is 0 Å². The summed E-state index contributed by atoms with van der Waals surface area (Å²) < 4.78 is 31.9. The lowest BCUT2D eigenvalue weighted by Crippen LogP contribution is -2.31.